The zero-order chi connectivity index (χ0) is 15.1. The average molecular weight is 293 g/mol. The van der Waals surface area contributed by atoms with Gasteiger partial charge in [0.1, 0.15) is 18.1 Å². The second-order valence-electron chi connectivity index (χ2n) is 6.77. The number of furan rings is 1. The molecule has 2 unspecified atom stereocenters. The molecule has 0 aliphatic heterocycles. The Morgan fingerprint density at radius 2 is 2.10 bits per heavy atom. The van der Waals surface area contributed by atoms with E-state index in [9.17, 15) is 0 Å². The highest BCUT2D eigenvalue weighted by molar-refractivity contribution is 5.06. The zero-order valence-electron chi connectivity index (χ0n) is 13.9. The van der Waals surface area contributed by atoms with Crippen LogP contribution in [0.5, 0.6) is 0 Å². The van der Waals surface area contributed by atoms with Crippen LogP contribution < -0.4 is 5.32 Å². The highest BCUT2D eigenvalue weighted by Gasteiger charge is 2.21. The Bertz CT molecular complexity index is 400. The summed E-state index contributed by atoms with van der Waals surface area (Å²) < 4.78 is 11.9. The second kappa shape index (κ2) is 8.60. The first kappa shape index (κ1) is 16.6. The van der Waals surface area contributed by atoms with Gasteiger partial charge >= 0.3 is 0 Å². The van der Waals surface area contributed by atoms with Gasteiger partial charge in [-0.05, 0) is 43.4 Å². The van der Waals surface area contributed by atoms with Gasteiger partial charge < -0.3 is 14.5 Å². The fourth-order valence-corrected chi connectivity index (χ4v) is 3.04. The lowest BCUT2D eigenvalue weighted by Crippen LogP contribution is -2.22. The number of hydrogen-bond acceptors (Lipinski definition) is 3. The van der Waals surface area contributed by atoms with Crippen LogP contribution in [0.1, 0.15) is 64.4 Å². The summed E-state index contributed by atoms with van der Waals surface area (Å²) in [5.41, 5.74) is 0. The molecule has 3 heteroatoms. The first-order chi connectivity index (χ1) is 10.2. The van der Waals surface area contributed by atoms with E-state index in [2.05, 4.69) is 32.2 Å². The molecule has 1 aliphatic carbocycles. The smallest absolute Gasteiger partial charge is 0.129 e. The minimum atomic E-state index is 0.427. The minimum Gasteiger partial charge on any atom is -0.462 e. The summed E-state index contributed by atoms with van der Waals surface area (Å²) >= 11 is 0. The van der Waals surface area contributed by atoms with Crippen LogP contribution in [-0.2, 0) is 17.9 Å². The Kier molecular flexibility index (Phi) is 6.78. The quantitative estimate of drug-likeness (QED) is 0.765. The predicted octanol–water partition coefficient (Wildman–Crippen LogP) is 4.51. The van der Waals surface area contributed by atoms with Crippen molar-refractivity contribution in [1.29, 1.82) is 0 Å². The molecule has 0 aromatic carbocycles. The van der Waals surface area contributed by atoms with Gasteiger partial charge in [0.05, 0.1) is 12.6 Å². The highest BCUT2D eigenvalue weighted by Crippen LogP contribution is 2.29. The van der Waals surface area contributed by atoms with Crippen molar-refractivity contribution in [3.8, 4) is 0 Å². The Balaban J connectivity index is 1.70. The van der Waals surface area contributed by atoms with E-state index in [0.29, 0.717) is 18.6 Å². The summed E-state index contributed by atoms with van der Waals surface area (Å²) in [4.78, 5) is 0. The van der Waals surface area contributed by atoms with Gasteiger partial charge in [-0.2, -0.15) is 0 Å². The fourth-order valence-electron chi connectivity index (χ4n) is 3.04. The molecule has 0 radical (unpaired) electrons. The van der Waals surface area contributed by atoms with Gasteiger partial charge in [-0.25, -0.2) is 0 Å². The fraction of sp³-hybridized carbons (Fsp3) is 0.778. The lowest BCUT2D eigenvalue weighted by Gasteiger charge is -2.28. The van der Waals surface area contributed by atoms with E-state index in [1.165, 1.54) is 32.1 Å². The standard InChI is InChI=1S/C18H31NO2/c1-4-15-6-5-7-16(10-15)20-13-18-9-8-17(21-18)12-19-11-14(2)3/h8-9,14-16,19H,4-7,10-13H2,1-3H3. The molecular weight excluding hydrogens is 262 g/mol. The molecule has 0 spiro atoms. The molecule has 1 heterocycles. The van der Waals surface area contributed by atoms with Gasteiger partial charge in [-0.1, -0.05) is 40.0 Å². The molecule has 1 fully saturated rings. The topological polar surface area (TPSA) is 34.4 Å². The minimum absolute atomic E-state index is 0.427. The SMILES string of the molecule is CCC1CCCC(OCc2ccc(CNCC(C)C)o2)C1. The first-order valence-electron chi connectivity index (χ1n) is 8.57. The van der Waals surface area contributed by atoms with Crippen molar-refractivity contribution in [3.05, 3.63) is 23.7 Å². The molecule has 1 aromatic heterocycles. The van der Waals surface area contributed by atoms with Gasteiger partial charge in [0.15, 0.2) is 0 Å². The van der Waals surface area contributed by atoms with E-state index in [1.807, 2.05) is 6.07 Å². The average Bonchev–Trinajstić information content (AvgIpc) is 2.93. The monoisotopic (exact) mass is 293 g/mol. The van der Waals surface area contributed by atoms with Crippen molar-refractivity contribution in [3.63, 3.8) is 0 Å². The van der Waals surface area contributed by atoms with E-state index in [1.54, 1.807) is 0 Å². The number of ether oxygens (including phenoxy) is 1. The van der Waals surface area contributed by atoms with E-state index >= 15 is 0 Å². The molecule has 21 heavy (non-hydrogen) atoms. The lowest BCUT2D eigenvalue weighted by molar-refractivity contribution is -0.00568. The molecule has 0 amide bonds. The Morgan fingerprint density at radius 3 is 2.86 bits per heavy atom. The van der Waals surface area contributed by atoms with Gasteiger partial charge in [0, 0.05) is 0 Å². The van der Waals surface area contributed by atoms with E-state index in [4.69, 9.17) is 9.15 Å². The molecule has 1 saturated carbocycles. The van der Waals surface area contributed by atoms with Gasteiger partial charge in [-0.15, -0.1) is 0 Å². The van der Waals surface area contributed by atoms with Gasteiger partial charge in [0.25, 0.3) is 0 Å². The van der Waals surface area contributed by atoms with Crippen LogP contribution in [0, 0.1) is 11.8 Å². The van der Waals surface area contributed by atoms with Crippen LogP contribution in [0.2, 0.25) is 0 Å². The maximum atomic E-state index is 6.04. The van der Waals surface area contributed by atoms with Crippen molar-refractivity contribution in [2.45, 2.75) is 72.1 Å². The summed E-state index contributed by atoms with van der Waals surface area (Å²) in [6, 6.07) is 4.11. The summed E-state index contributed by atoms with van der Waals surface area (Å²) in [6.07, 6.45) is 6.83. The summed E-state index contributed by atoms with van der Waals surface area (Å²) in [6.45, 7) is 9.15. The Labute approximate surface area is 129 Å². The Morgan fingerprint density at radius 1 is 1.29 bits per heavy atom. The third-order valence-corrected chi connectivity index (χ3v) is 4.34. The summed E-state index contributed by atoms with van der Waals surface area (Å²) in [5.74, 6) is 3.48. The predicted molar refractivity (Wildman–Crippen MR) is 86.1 cm³/mol. The van der Waals surface area contributed by atoms with Crippen LogP contribution in [0.15, 0.2) is 16.5 Å². The van der Waals surface area contributed by atoms with Crippen LogP contribution in [0.3, 0.4) is 0 Å². The summed E-state index contributed by atoms with van der Waals surface area (Å²) in [7, 11) is 0. The maximum Gasteiger partial charge on any atom is 0.129 e. The molecule has 2 rings (SSSR count). The third-order valence-electron chi connectivity index (χ3n) is 4.34. The van der Waals surface area contributed by atoms with Gasteiger partial charge in [0.2, 0.25) is 0 Å². The van der Waals surface area contributed by atoms with Crippen LogP contribution in [0.4, 0.5) is 0 Å². The molecular formula is C18H31NO2. The molecule has 0 bridgehead atoms. The van der Waals surface area contributed by atoms with Crippen LogP contribution in [-0.4, -0.2) is 12.6 Å². The highest BCUT2D eigenvalue weighted by atomic mass is 16.5. The normalized spacial score (nSPS) is 22.9. The van der Waals surface area contributed by atoms with Crippen molar-refractivity contribution in [2.75, 3.05) is 6.54 Å². The van der Waals surface area contributed by atoms with Crippen LogP contribution >= 0.6 is 0 Å². The molecule has 0 saturated heterocycles. The van der Waals surface area contributed by atoms with Crippen molar-refractivity contribution in [1.82, 2.24) is 5.32 Å². The van der Waals surface area contributed by atoms with Gasteiger partial charge in [-0.3, -0.25) is 0 Å². The first-order valence-corrected chi connectivity index (χ1v) is 8.57. The molecule has 1 aromatic rings. The molecule has 3 nitrogen and oxygen atoms in total. The maximum absolute atomic E-state index is 6.04. The van der Waals surface area contributed by atoms with Crippen LogP contribution in [0.25, 0.3) is 0 Å². The molecule has 1 N–H and O–H groups in total. The van der Waals surface area contributed by atoms with E-state index < -0.39 is 0 Å². The molecule has 2 atom stereocenters. The number of nitrogens with one attached hydrogen (secondary N) is 1. The lowest BCUT2D eigenvalue weighted by atomic mass is 9.85. The number of rotatable bonds is 8. The number of hydrogen-bond donors (Lipinski definition) is 1. The Hall–Kier alpha value is -0.800. The molecule has 1 aliphatic rings. The van der Waals surface area contributed by atoms with E-state index in [-0.39, 0.29) is 0 Å². The largest absolute Gasteiger partial charge is 0.462 e. The third kappa shape index (κ3) is 5.84. The van der Waals surface area contributed by atoms with Crippen molar-refractivity contribution in [2.24, 2.45) is 11.8 Å². The van der Waals surface area contributed by atoms with Crippen molar-refractivity contribution >= 4 is 0 Å². The summed E-state index contributed by atoms with van der Waals surface area (Å²) in [5, 5.41) is 3.40. The van der Waals surface area contributed by atoms with Crippen molar-refractivity contribution < 1.29 is 9.15 Å². The molecule has 120 valence electrons. The zero-order valence-corrected chi connectivity index (χ0v) is 13.9. The second-order valence-corrected chi connectivity index (χ2v) is 6.77. The van der Waals surface area contributed by atoms with E-state index in [0.717, 1.165) is 30.5 Å².